The number of carbonyl (C=O) groups excluding carboxylic acids is 2. The molecule has 3 rings (SSSR count). The standard InChI is InChI=1S/C16H25N5O2/c1-16(2)14(22)21(15(23)18-16)10-9-20-8-4-5-12(11-20)13-6-7-17-19(13)3/h6-7,12H,4-5,8-11H2,1-3H3,(H,18,23)/t12-/m1/s1. The Kier molecular flexibility index (Phi) is 4.14. The predicted octanol–water partition coefficient (Wildman–Crippen LogP) is 0.930. The van der Waals surface area contributed by atoms with Gasteiger partial charge in [-0.15, -0.1) is 0 Å². The van der Waals surface area contributed by atoms with Crippen LogP contribution in [0.5, 0.6) is 0 Å². The molecule has 0 saturated carbocycles. The number of piperidine rings is 1. The molecule has 0 aromatic carbocycles. The molecule has 7 nitrogen and oxygen atoms in total. The second-order valence-electron chi connectivity index (χ2n) is 7.03. The Morgan fingerprint density at radius 2 is 2.13 bits per heavy atom. The highest BCUT2D eigenvalue weighted by molar-refractivity contribution is 6.06. The van der Waals surface area contributed by atoms with Gasteiger partial charge in [-0.05, 0) is 39.3 Å². The molecule has 0 unspecified atom stereocenters. The average molecular weight is 319 g/mol. The van der Waals surface area contributed by atoms with Crippen molar-refractivity contribution in [3.8, 4) is 0 Å². The third-order valence-corrected chi connectivity index (χ3v) is 4.87. The maximum atomic E-state index is 12.2. The first-order valence-electron chi connectivity index (χ1n) is 8.23. The van der Waals surface area contributed by atoms with Gasteiger partial charge in [-0.1, -0.05) is 0 Å². The van der Waals surface area contributed by atoms with Crippen LogP contribution in [0.1, 0.15) is 38.3 Å². The molecule has 1 N–H and O–H groups in total. The average Bonchev–Trinajstić information content (AvgIpc) is 3.00. The molecule has 2 fully saturated rings. The van der Waals surface area contributed by atoms with E-state index in [1.54, 1.807) is 13.8 Å². The van der Waals surface area contributed by atoms with Crippen molar-refractivity contribution in [2.24, 2.45) is 7.05 Å². The minimum absolute atomic E-state index is 0.136. The SMILES string of the molecule is Cn1nccc1[C@@H]1CCCN(CCN2C(=O)NC(C)(C)C2=O)C1. The highest BCUT2D eigenvalue weighted by Crippen LogP contribution is 2.26. The monoisotopic (exact) mass is 319 g/mol. The van der Waals surface area contributed by atoms with E-state index in [-0.39, 0.29) is 11.9 Å². The minimum atomic E-state index is -0.782. The molecule has 1 aromatic rings. The molecule has 0 radical (unpaired) electrons. The molecule has 0 spiro atoms. The van der Waals surface area contributed by atoms with E-state index in [0.29, 0.717) is 12.5 Å². The van der Waals surface area contributed by atoms with Crippen molar-refractivity contribution in [3.63, 3.8) is 0 Å². The lowest BCUT2D eigenvalue weighted by Crippen LogP contribution is -2.43. The van der Waals surface area contributed by atoms with Crippen LogP contribution < -0.4 is 5.32 Å². The van der Waals surface area contributed by atoms with E-state index in [1.807, 2.05) is 17.9 Å². The number of rotatable bonds is 4. The second-order valence-corrected chi connectivity index (χ2v) is 7.03. The molecule has 3 amide bonds. The summed E-state index contributed by atoms with van der Waals surface area (Å²) in [4.78, 5) is 27.8. The molecule has 0 bridgehead atoms. The van der Waals surface area contributed by atoms with Crippen LogP contribution >= 0.6 is 0 Å². The van der Waals surface area contributed by atoms with Crippen LogP contribution in [0.25, 0.3) is 0 Å². The zero-order valence-electron chi connectivity index (χ0n) is 14.1. The summed E-state index contributed by atoms with van der Waals surface area (Å²) in [6.45, 7) is 6.63. The number of aryl methyl sites for hydroxylation is 1. The molecular weight excluding hydrogens is 294 g/mol. The van der Waals surface area contributed by atoms with Gasteiger partial charge in [-0.3, -0.25) is 14.4 Å². The molecule has 23 heavy (non-hydrogen) atoms. The van der Waals surface area contributed by atoms with Gasteiger partial charge in [0.1, 0.15) is 5.54 Å². The summed E-state index contributed by atoms with van der Waals surface area (Å²) in [6, 6.07) is 1.80. The third-order valence-electron chi connectivity index (χ3n) is 4.87. The van der Waals surface area contributed by atoms with Gasteiger partial charge in [-0.25, -0.2) is 4.79 Å². The first-order chi connectivity index (χ1) is 10.9. The van der Waals surface area contributed by atoms with Crippen LogP contribution in [-0.2, 0) is 11.8 Å². The molecular formula is C16H25N5O2. The fourth-order valence-electron chi connectivity index (χ4n) is 3.55. The largest absolute Gasteiger partial charge is 0.325 e. The Morgan fingerprint density at radius 3 is 2.74 bits per heavy atom. The van der Waals surface area contributed by atoms with Gasteiger partial charge in [0.25, 0.3) is 5.91 Å². The first kappa shape index (κ1) is 16.0. The van der Waals surface area contributed by atoms with Crippen molar-refractivity contribution in [2.45, 2.75) is 38.1 Å². The number of hydrogen-bond acceptors (Lipinski definition) is 4. The van der Waals surface area contributed by atoms with E-state index in [2.05, 4.69) is 21.4 Å². The number of hydrogen-bond donors (Lipinski definition) is 1. The summed E-state index contributed by atoms with van der Waals surface area (Å²) in [5, 5.41) is 6.98. The predicted molar refractivity (Wildman–Crippen MR) is 85.9 cm³/mol. The maximum Gasteiger partial charge on any atom is 0.325 e. The summed E-state index contributed by atoms with van der Waals surface area (Å²) in [6.07, 6.45) is 4.12. The molecule has 1 atom stereocenters. The lowest BCUT2D eigenvalue weighted by molar-refractivity contribution is -0.130. The van der Waals surface area contributed by atoms with Gasteiger partial charge in [0.05, 0.1) is 0 Å². The highest BCUT2D eigenvalue weighted by atomic mass is 16.2. The number of likely N-dealkylation sites (tertiary alicyclic amines) is 1. The van der Waals surface area contributed by atoms with Crippen LogP contribution in [0.15, 0.2) is 12.3 Å². The summed E-state index contributed by atoms with van der Waals surface area (Å²) in [5.41, 5.74) is 0.474. The van der Waals surface area contributed by atoms with Gasteiger partial charge in [-0.2, -0.15) is 5.10 Å². The van der Waals surface area contributed by atoms with E-state index in [4.69, 9.17) is 0 Å². The molecule has 7 heteroatoms. The van der Waals surface area contributed by atoms with Crippen molar-refractivity contribution in [2.75, 3.05) is 26.2 Å². The van der Waals surface area contributed by atoms with Crippen molar-refractivity contribution >= 4 is 11.9 Å². The zero-order chi connectivity index (χ0) is 16.6. The summed E-state index contributed by atoms with van der Waals surface area (Å²) in [7, 11) is 1.98. The number of carbonyl (C=O) groups is 2. The van der Waals surface area contributed by atoms with Crippen LogP contribution in [0.4, 0.5) is 4.79 Å². The number of aromatic nitrogens is 2. The lowest BCUT2D eigenvalue weighted by atomic mass is 9.94. The van der Waals surface area contributed by atoms with Gasteiger partial charge in [0.2, 0.25) is 0 Å². The summed E-state index contributed by atoms with van der Waals surface area (Å²) < 4.78 is 1.94. The van der Waals surface area contributed by atoms with Gasteiger partial charge in [0, 0.05) is 44.5 Å². The van der Waals surface area contributed by atoms with E-state index in [0.717, 1.165) is 32.5 Å². The Hall–Kier alpha value is -1.89. The number of urea groups is 1. The Morgan fingerprint density at radius 1 is 1.35 bits per heavy atom. The van der Waals surface area contributed by atoms with E-state index < -0.39 is 5.54 Å². The first-order valence-corrected chi connectivity index (χ1v) is 8.23. The molecule has 2 aliphatic rings. The van der Waals surface area contributed by atoms with Crippen LogP contribution in [-0.4, -0.2) is 63.2 Å². The topological polar surface area (TPSA) is 70.5 Å². The van der Waals surface area contributed by atoms with Gasteiger partial charge in [0.15, 0.2) is 0 Å². The number of amides is 3. The number of nitrogens with zero attached hydrogens (tertiary/aromatic N) is 4. The lowest BCUT2D eigenvalue weighted by Gasteiger charge is -2.33. The Balaban J connectivity index is 1.58. The van der Waals surface area contributed by atoms with E-state index in [1.165, 1.54) is 10.6 Å². The quantitative estimate of drug-likeness (QED) is 0.838. The zero-order valence-corrected chi connectivity index (χ0v) is 14.1. The van der Waals surface area contributed by atoms with Crippen LogP contribution in [0, 0.1) is 0 Å². The van der Waals surface area contributed by atoms with Crippen molar-refractivity contribution in [1.82, 2.24) is 24.9 Å². The molecule has 126 valence electrons. The number of imide groups is 1. The summed E-state index contributed by atoms with van der Waals surface area (Å²) >= 11 is 0. The molecule has 0 aliphatic carbocycles. The molecule has 2 aliphatic heterocycles. The number of nitrogens with one attached hydrogen (secondary N) is 1. The summed E-state index contributed by atoms with van der Waals surface area (Å²) in [5.74, 6) is 0.332. The molecule has 2 saturated heterocycles. The Labute approximate surface area is 136 Å². The van der Waals surface area contributed by atoms with E-state index >= 15 is 0 Å². The van der Waals surface area contributed by atoms with Gasteiger partial charge >= 0.3 is 6.03 Å². The normalized spacial score (nSPS) is 25.0. The highest BCUT2D eigenvalue weighted by Gasteiger charge is 2.44. The van der Waals surface area contributed by atoms with Gasteiger partial charge < -0.3 is 10.2 Å². The maximum absolute atomic E-state index is 12.2. The molecule has 1 aromatic heterocycles. The second kappa shape index (κ2) is 5.96. The molecule has 3 heterocycles. The van der Waals surface area contributed by atoms with Crippen molar-refractivity contribution in [3.05, 3.63) is 18.0 Å². The van der Waals surface area contributed by atoms with Crippen molar-refractivity contribution in [1.29, 1.82) is 0 Å². The fourth-order valence-corrected chi connectivity index (χ4v) is 3.55. The minimum Gasteiger partial charge on any atom is -0.324 e. The fraction of sp³-hybridized carbons (Fsp3) is 0.688. The Bertz CT molecular complexity index is 609. The van der Waals surface area contributed by atoms with Crippen LogP contribution in [0.3, 0.4) is 0 Å². The van der Waals surface area contributed by atoms with Crippen LogP contribution in [0.2, 0.25) is 0 Å². The smallest absolute Gasteiger partial charge is 0.324 e. The third kappa shape index (κ3) is 3.10. The van der Waals surface area contributed by atoms with Crippen molar-refractivity contribution < 1.29 is 9.59 Å². The van der Waals surface area contributed by atoms with E-state index in [9.17, 15) is 9.59 Å².